The van der Waals surface area contributed by atoms with Crippen molar-refractivity contribution in [3.8, 4) is 16.3 Å². The molecule has 0 saturated carbocycles. The highest BCUT2D eigenvalue weighted by Crippen LogP contribution is 2.46. The molecule has 22 heavy (non-hydrogen) atoms. The number of nitrogens with zero attached hydrogens (tertiary/aromatic N) is 2. The summed E-state index contributed by atoms with van der Waals surface area (Å²) in [4.78, 5) is 9.87. The number of rotatable bonds is 3. The van der Waals surface area contributed by atoms with Gasteiger partial charge < -0.3 is 15.2 Å². The average Bonchev–Trinajstić information content (AvgIpc) is 2.82. The van der Waals surface area contributed by atoms with E-state index in [1.165, 1.54) is 4.70 Å². The Hall–Kier alpha value is -2.18. The summed E-state index contributed by atoms with van der Waals surface area (Å²) < 4.78 is 7.21. The molecule has 1 aliphatic heterocycles. The number of benzene rings is 1. The van der Waals surface area contributed by atoms with Gasteiger partial charge in [0.25, 0.3) is 0 Å². The Morgan fingerprint density at radius 3 is 3.09 bits per heavy atom. The molecule has 4 rings (SSSR count). The lowest BCUT2D eigenvalue weighted by atomic mass is 10.1. The van der Waals surface area contributed by atoms with Crippen LogP contribution in [0, 0.1) is 0 Å². The van der Waals surface area contributed by atoms with Crippen LogP contribution in [0.15, 0.2) is 30.6 Å². The molecule has 112 valence electrons. The van der Waals surface area contributed by atoms with Crippen molar-refractivity contribution < 1.29 is 9.84 Å². The molecule has 3 aromatic rings. The Balaban J connectivity index is 1.91. The van der Waals surface area contributed by atoms with Gasteiger partial charge in [0.2, 0.25) is 0 Å². The molecule has 5 nitrogen and oxygen atoms in total. The van der Waals surface area contributed by atoms with Crippen molar-refractivity contribution in [1.82, 2.24) is 9.97 Å². The molecule has 0 fully saturated rings. The maximum Gasteiger partial charge on any atom is 0.147 e. The summed E-state index contributed by atoms with van der Waals surface area (Å²) in [5, 5.41) is 13.3. The highest BCUT2D eigenvalue weighted by molar-refractivity contribution is 7.22. The molecule has 0 saturated heterocycles. The predicted molar refractivity (Wildman–Crippen MR) is 87.6 cm³/mol. The summed E-state index contributed by atoms with van der Waals surface area (Å²) in [5.74, 6) is 1.71. The molecule has 3 heterocycles. The summed E-state index contributed by atoms with van der Waals surface area (Å²) in [7, 11) is 0. The van der Waals surface area contributed by atoms with Gasteiger partial charge in [-0.2, -0.15) is 0 Å². The molecule has 0 atom stereocenters. The van der Waals surface area contributed by atoms with Gasteiger partial charge in [0.1, 0.15) is 17.9 Å². The van der Waals surface area contributed by atoms with Crippen LogP contribution in [0.4, 0.5) is 5.82 Å². The highest BCUT2D eigenvalue weighted by Gasteiger charge is 2.24. The molecule has 0 spiro atoms. The number of aliphatic hydroxyl groups is 1. The maximum atomic E-state index is 9.01. The van der Waals surface area contributed by atoms with Crippen molar-refractivity contribution in [2.75, 3.05) is 25.1 Å². The zero-order chi connectivity index (χ0) is 14.9. The van der Waals surface area contributed by atoms with Gasteiger partial charge in [0.05, 0.1) is 23.8 Å². The van der Waals surface area contributed by atoms with Gasteiger partial charge in [-0.25, -0.2) is 9.97 Å². The summed E-state index contributed by atoms with van der Waals surface area (Å²) in [6, 6.07) is 8.25. The molecule has 6 heteroatoms. The number of aromatic nitrogens is 2. The van der Waals surface area contributed by atoms with Crippen molar-refractivity contribution in [3.05, 3.63) is 36.2 Å². The normalized spacial score (nSPS) is 13.1. The van der Waals surface area contributed by atoms with Crippen molar-refractivity contribution in [3.63, 3.8) is 0 Å². The quantitative estimate of drug-likeness (QED) is 0.778. The second-order valence-corrected chi connectivity index (χ2v) is 6.11. The number of hydrogen-bond acceptors (Lipinski definition) is 6. The first-order valence-corrected chi connectivity index (χ1v) is 8.03. The van der Waals surface area contributed by atoms with Gasteiger partial charge in [-0.05, 0) is 12.1 Å². The van der Waals surface area contributed by atoms with Crippen molar-refractivity contribution in [1.29, 1.82) is 0 Å². The molecule has 0 bridgehead atoms. The minimum Gasteiger partial charge on any atom is -0.491 e. The number of ether oxygens (including phenoxy) is 1. The first-order valence-electron chi connectivity index (χ1n) is 7.22. The third-order valence-electron chi connectivity index (χ3n) is 3.71. The van der Waals surface area contributed by atoms with Crippen LogP contribution in [-0.4, -0.2) is 34.8 Å². The zero-order valence-corrected chi connectivity index (χ0v) is 12.7. The van der Waals surface area contributed by atoms with E-state index in [2.05, 4.69) is 27.4 Å². The van der Waals surface area contributed by atoms with Crippen LogP contribution in [0.3, 0.4) is 0 Å². The van der Waals surface area contributed by atoms with Crippen LogP contribution < -0.4 is 10.1 Å². The van der Waals surface area contributed by atoms with Crippen LogP contribution in [0.25, 0.3) is 20.7 Å². The maximum absolute atomic E-state index is 9.01. The molecule has 0 amide bonds. The second-order valence-electron chi connectivity index (χ2n) is 5.05. The molecular weight excluding hydrogens is 298 g/mol. The fourth-order valence-corrected chi connectivity index (χ4v) is 3.92. The molecule has 1 aliphatic rings. The second kappa shape index (κ2) is 5.55. The Morgan fingerprint density at radius 1 is 1.27 bits per heavy atom. The Labute approximate surface area is 131 Å². The first-order chi connectivity index (χ1) is 10.9. The standard InChI is InChI=1S/C16H15N3O2S/c20-7-6-17-16-11-5-8-21-14-10-3-1-2-4-12(10)22-15(14)13(11)18-9-19-16/h1-4,9,20H,5-8H2,(H,17,18,19). The van der Waals surface area contributed by atoms with Gasteiger partial charge in [-0.3, -0.25) is 0 Å². The number of aliphatic hydroxyl groups excluding tert-OH is 1. The van der Waals surface area contributed by atoms with E-state index in [1.54, 1.807) is 17.7 Å². The van der Waals surface area contributed by atoms with Crippen LogP contribution in [0.2, 0.25) is 0 Å². The van der Waals surface area contributed by atoms with Crippen LogP contribution in [-0.2, 0) is 6.42 Å². The first kappa shape index (κ1) is 13.5. The van der Waals surface area contributed by atoms with E-state index in [4.69, 9.17) is 9.84 Å². The molecule has 0 radical (unpaired) electrons. The molecular formula is C16H15N3O2S. The van der Waals surface area contributed by atoms with Crippen molar-refractivity contribution in [2.24, 2.45) is 0 Å². The molecule has 2 aromatic heterocycles. The van der Waals surface area contributed by atoms with E-state index in [1.807, 2.05) is 12.1 Å². The fraction of sp³-hybridized carbons (Fsp3) is 0.250. The van der Waals surface area contributed by atoms with Gasteiger partial charge in [-0.1, -0.05) is 12.1 Å². The third kappa shape index (κ3) is 2.12. The molecule has 2 N–H and O–H groups in total. The lowest BCUT2D eigenvalue weighted by molar-refractivity contribution is 0.311. The van der Waals surface area contributed by atoms with Crippen LogP contribution in [0.1, 0.15) is 5.56 Å². The summed E-state index contributed by atoms with van der Waals surface area (Å²) >= 11 is 1.70. The van der Waals surface area contributed by atoms with E-state index >= 15 is 0 Å². The number of thiophene rings is 1. The van der Waals surface area contributed by atoms with Crippen molar-refractivity contribution >= 4 is 27.2 Å². The zero-order valence-electron chi connectivity index (χ0n) is 11.9. The predicted octanol–water partition coefficient (Wildman–Crippen LogP) is 2.70. The van der Waals surface area contributed by atoms with Gasteiger partial charge in [0, 0.05) is 28.6 Å². The minimum atomic E-state index is 0.0728. The highest BCUT2D eigenvalue weighted by atomic mass is 32.1. The number of fused-ring (bicyclic) bond motifs is 5. The topological polar surface area (TPSA) is 67.3 Å². The fourth-order valence-electron chi connectivity index (χ4n) is 2.75. The van der Waals surface area contributed by atoms with E-state index in [0.717, 1.165) is 39.5 Å². The summed E-state index contributed by atoms with van der Waals surface area (Å²) in [5.41, 5.74) is 1.99. The largest absolute Gasteiger partial charge is 0.491 e. The van der Waals surface area contributed by atoms with Crippen molar-refractivity contribution in [2.45, 2.75) is 6.42 Å². The Kier molecular flexibility index (Phi) is 3.40. The molecule has 0 aliphatic carbocycles. The number of nitrogens with one attached hydrogen (secondary N) is 1. The average molecular weight is 313 g/mol. The van der Waals surface area contributed by atoms with E-state index < -0.39 is 0 Å². The van der Waals surface area contributed by atoms with E-state index in [9.17, 15) is 0 Å². The monoisotopic (exact) mass is 313 g/mol. The van der Waals surface area contributed by atoms with Gasteiger partial charge >= 0.3 is 0 Å². The van der Waals surface area contributed by atoms with E-state index in [-0.39, 0.29) is 6.61 Å². The minimum absolute atomic E-state index is 0.0728. The van der Waals surface area contributed by atoms with Gasteiger partial charge in [-0.15, -0.1) is 11.3 Å². The number of anilines is 1. The Bertz CT molecular complexity index is 831. The lowest BCUT2D eigenvalue weighted by Crippen LogP contribution is -2.11. The number of hydrogen-bond donors (Lipinski definition) is 2. The molecule has 0 unspecified atom stereocenters. The van der Waals surface area contributed by atoms with Gasteiger partial charge in [0.15, 0.2) is 0 Å². The van der Waals surface area contributed by atoms with Crippen LogP contribution >= 0.6 is 11.3 Å². The molecule has 1 aromatic carbocycles. The SMILES string of the molecule is OCCNc1ncnc2c1CCOc1c-2sc2ccccc12. The lowest BCUT2D eigenvalue weighted by Gasteiger charge is -2.10. The third-order valence-corrected chi connectivity index (χ3v) is 4.87. The summed E-state index contributed by atoms with van der Waals surface area (Å²) in [6.45, 7) is 1.15. The smallest absolute Gasteiger partial charge is 0.147 e. The Morgan fingerprint density at radius 2 is 2.18 bits per heavy atom. The van der Waals surface area contributed by atoms with Crippen LogP contribution in [0.5, 0.6) is 5.75 Å². The van der Waals surface area contributed by atoms with E-state index in [0.29, 0.717) is 13.2 Å². The summed E-state index contributed by atoms with van der Waals surface area (Å²) in [6.07, 6.45) is 2.32.